The Labute approximate surface area is 87.9 Å². The van der Waals surface area contributed by atoms with Gasteiger partial charge in [0.2, 0.25) is 0 Å². The van der Waals surface area contributed by atoms with E-state index >= 15 is 0 Å². The summed E-state index contributed by atoms with van der Waals surface area (Å²) in [6.07, 6.45) is 1.93. The monoisotopic (exact) mass is 205 g/mol. The summed E-state index contributed by atoms with van der Waals surface area (Å²) < 4.78 is 4.50. The molecule has 1 aromatic heterocycles. The molecule has 0 unspecified atom stereocenters. The van der Waals surface area contributed by atoms with E-state index in [0.717, 1.165) is 0 Å². The predicted molar refractivity (Wildman–Crippen MR) is 54.2 cm³/mol. The van der Waals surface area contributed by atoms with Gasteiger partial charge in [-0.25, -0.2) is 9.78 Å². The molecule has 4 heteroatoms. The van der Waals surface area contributed by atoms with Gasteiger partial charge in [0.25, 0.3) is 0 Å². The van der Waals surface area contributed by atoms with Crippen molar-refractivity contribution < 1.29 is 14.6 Å². The molecule has 0 radical (unpaired) electrons. The Morgan fingerprint density at radius 2 is 2.40 bits per heavy atom. The highest BCUT2D eigenvalue weighted by Crippen LogP contribution is 2.00. The van der Waals surface area contributed by atoms with Crippen molar-refractivity contribution in [2.24, 2.45) is 0 Å². The molecular formula is C11H11NO3. The molecule has 1 heterocycles. The quantitative estimate of drug-likeness (QED) is 0.567. The zero-order chi connectivity index (χ0) is 11.1. The normalized spacial score (nSPS) is 8.93. The highest BCUT2D eigenvalue weighted by molar-refractivity contribution is 5.87. The highest BCUT2D eigenvalue weighted by atomic mass is 16.5. The molecule has 0 spiro atoms. The molecule has 78 valence electrons. The number of carbonyl (C=O) groups is 1. The standard InChI is InChI=1S/C11H11NO3/c1-15-11(14)10-6-5-9(8-12-10)4-2-3-7-13/h5-6,8,13H,3,7H2,1H3. The second kappa shape index (κ2) is 5.78. The minimum atomic E-state index is -0.468. The SMILES string of the molecule is COC(=O)c1ccc(C#CCCO)cn1. The zero-order valence-electron chi connectivity index (χ0n) is 8.36. The Balaban J connectivity index is 2.73. The third kappa shape index (κ3) is 3.41. The Kier molecular flexibility index (Phi) is 4.32. The molecule has 0 bridgehead atoms. The number of hydrogen-bond donors (Lipinski definition) is 1. The first-order valence-electron chi connectivity index (χ1n) is 4.42. The van der Waals surface area contributed by atoms with E-state index in [9.17, 15) is 4.79 Å². The Bertz CT molecular complexity index is 387. The lowest BCUT2D eigenvalue weighted by Gasteiger charge is -1.96. The largest absolute Gasteiger partial charge is 0.464 e. The maximum Gasteiger partial charge on any atom is 0.356 e. The molecule has 0 amide bonds. The second-order valence-corrected chi connectivity index (χ2v) is 2.70. The summed E-state index contributed by atoms with van der Waals surface area (Å²) in [6.45, 7) is 0.0423. The van der Waals surface area contributed by atoms with E-state index in [2.05, 4.69) is 21.6 Å². The van der Waals surface area contributed by atoms with Gasteiger partial charge in [0, 0.05) is 18.2 Å². The van der Waals surface area contributed by atoms with Crippen LogP contribution >= 0.6 is 0 Å². The van der Waals surface area contributed by atoms with Gasteiger partial charge in [-0.3, -0.25) is 0 Å². The van der Waals surface area contributed by atoms with Crippen molar-refractivity contribution in [3.05, 3.63) is 29.6 Å². The summed E-state index contributed by atoms with van der Waals surface area (Å²) in [5, 5.41) is 8.51. The summed E-state index contributed by atoms with van der Waals surface area (Å²) in [4.78, 5) is 14.9. The number of aromatic nitrogens is 1. The van der Waals surface area contributed by atoms with E-state index in [4.69, 9.17) is 5.11 Å². The van der Waals surface area contributed by atoms with Crippen molar-refractivity contribution in [1.29, 1.82) is 0 Å². The number of aliphatic hydroxyl groups excluding tert-OH is 1. The van der Waals surface area contributed by atoms with Crippen LogP contribution in [-0.4, -0.2) is 29.8 Å². The third-order valence-corrected chi connectivity index (χ3v) is 1.63. The fourth-order valence-electron chi connectivity index (χ4n) is 0.914. The number of carbonyl (C=O) groups excluding carboxylic acids is 1. The van der Waals surface area contributed by atoms with E-state index in [-0.39, 0.29) is 12.3 Å². The van der Waals surface area contributed by atoms with Gasteiger partial charge in [-0.1, -0.05) is 11.8 Å². The lowest BCUT2D eigenvalue weighted by Crippen LogP contribution is -2.03. The predicted octanol–water partition coefficient (Wildman–Crippen LogP) is 0.602. The molecule has 0 saturated heterocycles. The number of ether oxygens (including phenoxy) is 1. The van der Waals surface area contributed by atoms with Crippen molar-refractivity contribution in [2.45, 2.75) is 6.42 Å². The van der Waals surface area contributed by atoms with Crippen LogP contribution in [0.5, 0.6) is 0 Å². The molecule has 0 atom stereocenters. The molecule has 0 aliphatic heterocycles. The highest BCUT2D eigenvalue weighted by Gasteiger charge is 2.04. The van der Waals surface area contributed by atoms with Crippen molar-refractivity contribution in [3.8, 4) is 11.8 Å². The fourth-order valence-corrected chi connectivity index (χ4v) is 0.914. The van der Waals surface area contributed by atoms with Crippen LogP contribution in [0.2, 0.25) is 0 Å². The van der Waals surface area contributed by atoms with E-state index < -0.39 is 5.97 Å². The third-order valence-electron chi connectivity index (χ3n) is 1.63. The lowest BCUT2D eigenvalue weighted by atomic mass is 10.2. The topological polar surface area (TPSA) is 59.4 Å². The van der Waals surface area contributed by atoms with Crippen LogP contribution < -0.4 is 0 Å². The van der Waals surface area contributed by atoms with Gasteiger partial charge < -0.3 is 9.84 Å². The van der Waals surface area contributed by atoms with Crippen LogP contribution in [0.15, 0.2) is 18.3 Å². The van der Waals surface area contributed by atoms with Gasteiger partial charge in [0.1, 0.15) is 5.69 Å². The molecule has 0 aliphatic rings. The lowest BCUT2D eigenvalue weighted by molar-refractivity contribution is 0.0594. The van der Waals surface area contributed by atoms with Crippen molar-refractivity contribution in [1.82, 2.24) is 4.98 Å². The number of methoxy groups -OCH3 is 1. The number of nitrogens with zero attached hydrogens (tertiary/aromatic N) is 1. The van der Waals surface area contributed by atoms with Gasteiger partial charge in [0.05, 0.1) is 13.7 Å². The van der Waals surface area contributed by atoms with Crippen molar-refractivity contribution in [2.75, 3.05) is 13.7 Å². The summed E-state index contributed by atoms with van der Waals surface area (Å²) in [7, 11) is 1.30. The van der Waals surface area contributed by atoms with Crippen LogP contribution in [0.3, 0.4) is 0 Å². The number of aliphatic hydroxyl groups is 1. The molecule has 0 saturated carbocycles. The first-order chi connectivity index (χ1) is 7.27. The second-order valence-electron chi connectivity index (χ2n) is 2.70. The summed E-state index contributed by atoms with van der Waals surface area (Å²) in [5.41, 5.74) is 0.960. The number of hydrogen-bond acceptors (Lipinski definition) is 4. The molecule has 1 aromatic rings. The molecular weight excluding hydrogens is 194 g/mol. The van der Waals surface area contributed by atoms with E-state index in [0.29, 0.717) is 12.0 Å². The summed E-state index contributed by atoms with van der Waals surface area (Å²) in [5.74, 6) is 5.10. The molecule has 0 aromatic carbocycles. The Hall–Kier alpha value is -1.86. The summed E-state index contributed by atoms with van der Waals surface area (Å²) >= 11 is 0. The first kappa shape index (κ1) is 11.2. The molecule has 0 aliphatic carbocycles. The first-order valence-corrected chi connectivity index (χ1v) is 4.42. The smallest absolute Gasteiger partial charge is 0.356 e. The molecule has 4 nitrogen and oxygen atoms in total. The van der Waals surface area contributed by atoms with Crippen LogP contribution in [0, 0.1) is 11.8 Å². The van der Waals surface area contributed by atoms with Gasteiger partial charge >= 0.3 is 5.97 Å². The molecule has 15 heavy (non-hydrogen) atoms. The van der Waals surface area contributed by atoms with Gasteiger partial charge in [-0.2, -0.15) is 0 Å². The van der Waals surface area contributed by atoms with Crippen LogP contribution in [0.1, 0.15) is 22.5 Å². The average Bonchev–Trinajstić information content (AvgIpc) is 2.29. The van der Waals surface area contributed by atoms with Crippen molar-refractivity contribution >= 4 is 5.97 Å². The van der Waals surface area contributed by atoms with Crippen LogP contribution in [0.4, 0.5) is 0 Å². The number of pyridine rings is 1. The minimum absolute atomic E-state index is 0.0423. The van der Waals surface area contributed by atoms with E-state index in [1.807, 2.05) is 0 Å². The van der Waals surface area contributed by atoms with E-state index in [1.54, 1.807) is 12.1 Å². The van der Waals surface area contributed by atoms with Crippen LogP contribution in [-0.2, 0) is 4.74 Å². The maximum absolute atomic E-state index is 11.0. The Morgan fingerprint density at radius 1 is 1.60 bits per heavy atom. The van der Waals surface area contributed by atoms with Gasteiger partial charge in [-0.15, -0.1) is 0 Å². The van der Waals surface area contributed by atoms with Gasteiger partial charge in [0.15, 0.2) is 0 Å². The number of esters is 1. The zero-order valence-corrected chi connectivity index (χ0v) is 8.36. The van der Waals surface area contributed by atoms with Crippen molar-refractivity contribution in [3.63, 3.8) is 0 Å². The van der Waals surface area contributed by atoms with E-state index in [1.165, 1.54) is 13.3 Å². The minimum Gasteiger partial charge on any atom is -0.464 e. The molecule has 0 fully saturated rings. The van der Waals surface area contributed by atoms with Gasteiger partial charge in [-0.05, 0) is 12.1 Å². The fraction of sp³-hybridized carbons (Fsp3) is 0.273. The molecule has 1 rings (SSSR count). The number of rotatable bonds is 2. The molecule has 1 N–H and O–H groups in total. The maximum atomic E-state index is 11.0. The average molecular weight is 205 g/mol. The Morgan fingerprint density at radius 3 is 2.93 bits per heavy atom. The summed E-state index contributed by atoms with van der Waals surface area (Å²) in [6, 6.07) is 3.23. The van der Waals surface area contributed by atoms with Crippen LogP contribution in [0.25, 0.3) is 0 Å².